The lowest BCUT2D eigenvalue weighted by Crippen LogP contribution is -2.40. The van der Waals surface area contributed by atoms with E-state index in [0.717, 1.165) is 18.6 Å². The summed E-state index contributed by atoms with van der Waals surface area (Å²) in [7, 11) is -3.31. The summed E-state index contributed by atoms with van der Waals surface area (Å²) in [6.45, 7) is 2.69. The molecule has 0 N–H and O–H groups in total. The SMILES string of the molecule is CCCCS(=O)(=O)N1CCCC(c2nnc(-c3ccc(C(F)(F)F)cc3)o2)C1. The monoisotopic (exact) mass is 417 g/mol. The number of unbranched alkanes of at least 4 members (excludes halogenated alkanes) is 1. The highest BCUT2D eigenvalue weighted by molar-refractivity contribution is 7.89. The number of sulfonamides is 1. The van der Waals surface area contributed by atoms with Crippen molar-refractivity contribution in [1.82, 2.24) is 14.5 Å². The maximum absolute atomic E-state index is 12.7. The van der Waals surface area contributed by atoms with E-state index in [0.29, 0.717) is 37.3 Å². The summed E-state index contributed by atoms with van der Waals surface area (Å²) < 4.78 is 70.0. The highest BCUT2D eigenvalue weighted by Gasteiger charge is 2.32. The minimum atomic E-state index is -4.41. The number of alkyl halides is 3. The van der Waals surface area contributed by atoms with Crippen molar-refractivity contribution in [3.05, 3.63) is 35.7 Å². The standard InChI is InChI=1S/C18H22F3N3O3S/c1-2-3-11-28(25,26)24-10-4-5-14(12-24)17-23-22-16(27-17)13-6-8-15(9-7-13)18(19,20)21/h6-9,14H,2-5,10-12H2,1H3. The maximum Gasteiger partial charge on any atom is 0.416 e. The molecule has 1 saturated heterocycles. The van der Waals surface area contributed by atoms with Gasteiger partial charge in [0.05, 0.1) is 17.2 Å². The Morgan fingerprint density at radius 3 is 2.57 bits per heavy atom. The molecule has 0 saturated carbocycles. The first-order valence-corrected chi connectivity index (χ1v) is 10.8. The van der Waals surface area contributed by atoms with Crippen molar-refractivity contribution in [3.8, 4) is 11.5 Å². The average Bonchev–Trinajstić information content (AvgIpc) is 3.16. The number of nitrogens with zero attached hydrogens (tertiary/aromatic N) is 3. The molecule has 154 valence electrons. The third-order valence-corrected chi connectivity index (χ3v) is 6.71. The first-order valence-electron chi connectivity index (χ1n) is 9.19. The summed E-state index contributed by atoms with van der Waals surface area (Å²) in [5.41, 5.74) is -0.369. The molecule has 2 aromatic rings. The van der Waals surface area contributed by atoms with Crippen molar-refractivity contribution >= 4 is 10.0 Å². The molecular formula is C18H22F3N3O3S. The lowest BCUT2D eigenvalue weighted by atomic mass is 10.00. The van der Waals surface area contributed by atoms with Crippen LogP contribution in [0.25, 0.3) is 11.5 Å². The predicted octanol–water partition coefficient (Wildman–Crippen LogP) is 4.06. The number of benzene rings is 1. The van der Waals surface area contributed by atoms with Gasteiger partial charge in [-0.2, -0.15) is 13.2 Å². The van der Waals surface area contributed by atoms with Gasteiger partial charge in [0.25, 0.3) is 0 Å². The molecule has 1 aliphatic rings. The topological polar surface area (TPSA) is 76.3 Å². The summed E-state index contributed by atoms with van der Waals surface area (Å²) in [5.74, 6) is 0.331. The van der Waals surface area contributed by atoms with Crippen LogP contribution in [0.2, 0.25) is 0 Å². The van der Waals surface area contributed by atoms with E-state index in [1.807, 2.05) is 6.92 Å². The van der Waals surface area contributed by atoms with Gasteiger partial charge in [0, 0.05) is 18.7 Å². The van der Waals surface area contributed by atoms with Gasteiger partial charge >= 0.3 is 6.18 Å². The number of piperidine rings is 1. The molecule has 28 heavy (non-hydrogen) atoms. The molecule has 0 bridgehead atoms. The Morgan fingerprint density at radius 2 is 1.93 bits per heavy atom. The second-order valence-corrected chi connectivity index (χ2v) is 8.98. The Morgan fingerprint density at radius 1 is 1.21 bits per heavy atom. The second kappa shape index (κ2) is 8.20. The van der Waals surface area contributed by atoms with Gasteiger partial charge in [-0.25, -0.2) is 12.7 Å². The van der Waals surface area contributed by atoms with Crippen molar-refractivity contribution in [3.63, 3.8) is 0 Å². The molecule has 1 fully saturated rings. The largest absolute Gasteiger partial charge is 0.420 e. The van der Waals surface area contributed by atoms with Gasteiger partial charge in [0.15, 0.2) is 0 Å². The van der Waals surface area contributed by atoms with Crippen LogP contribution in [-0.2, 0) is 16.2 Å². The molecule has 1 unspecified atom stereocenters. The molecular weight excluding hydrogens is 395 g/mol. The summed E-state index contributed by atoms with van der Waals surface area (Å²) in [4.78, 5) is 0. The molecule has 10 heteroatoms. The third-order valence-electron chi connectivity index (χ3n) is 4.78. The van der Waals surface area contributed by atoms with E-state index in [4.69, 9.17) is 4.42 Å². The van der Waals surface area contributed by atoms with Gasteiger partial charge in [0.1, 0.15) is 0 Å². The minimum Gasteiger partial charge on any atom is -0.420 e. The van der Waals surface area contributed by atoms with Crippen molar-refractivity contribution in [2.24, 2.45) is 0 Å². The van der Waals surface area contributed by atoms with Crippen molar-refractivity contribution in [1.29, 1.82) is 0 Å². The van der Waals surface area contributed by atoms with E-state index in [1.54, 1.807) is 0 Å². The lowest BCUT2D eigenvalue weighted by molar-refractivity contribution is -0.137. The highest BCUT2D eigenvalue weighted by atomic mass is 32.2. The summed E-state index contributed by atoms with van der Waals surface area (Å²) >= 11 is 0. The minimum absolute atomic E-state index is 0.120. The Kier molecular flexibility index (Phi) is 6.09. The van der Waals surface area contributed by atoms with Gasteiger partial charge in [0.2, 0.25) is 21.8 Å². The molecule has 1 atom stereocenters. The zero-order chi connectivity index (χ0) is 20.4. The van der Waals surface area contributed by atoms with Crippen molar-refractivity contribution < 1.29 is 26.0 Å². The zero-order valence-corrected chi connectivity index (χ0v) is 16.3. The number of rotatable bonds is 6. The third kappa shape index (κ3) is 4.72. The zero-order valence-electron chi connectivity index (χ0n) is 15.4. The quantitative estimate of drug-likeness (QED) is 0.708. The van der Waals surface area contributed by atoms with E-state index >= 15 is 0 Å². The van der Waals surface area contributed by atoms with E-state index < -0.39 is 21.8 Å². The van der Waals surface area contributed by atoms with Crippen LogP contribution in [-0.4, -0.2) is 41.8 Å². The van der Waals surface area contributed by atoms with Crippen LogP contribution in [0.4, 0.5) is 13.2 Å². The molecule has 3 rings (SSSR count). The van der Waals surface area contributed by atoms with Crippen LogP contribution >= 0.6 is 0 Å². The summed E-state index contributed by atoms with van der Waals surface area (Å²) in [6.07, 6.45) is -1.59. The number of aromatic nitrogens is 2. The van der Waals surface area contributed by atoms with Crippen LogP contribution < -0.4 is 0 Å². The molecule has 0 amide bonds. The Balaban J connectivity index is 1.73. The van der Waals surface area contributed by atoms with Crippen LogP contribution in [0, 0.1) is 0 Å². The van der Waals surface area contributed by atoms with E-state index in [-0.39, 0.29) is 24.1 Å². The van der Waals surface area contributed by atoms with Gasteiger partial charge in [-0.05, 0) is 43.5 Å². The van der Waals surface area contributed by atoms with Crippen molar-refractivity contribution in [2.45, 2.75) is 44.7 Å². The first-order chi connectivity index (χ1) is 13.2. The van der Waals surface area contributed by atoms with Gasteiger partial charge in [-0.3, -0.25) is 0 Å². The maximum atomic E-state index is 12.7. The molecule has 6 nitrogen and oxygen atoms in total. The van der Waals surface area contributed by atoms with E-state index in [1.165, 1.54) is 16.4 Å². The number of hydrogen-bond donors (Lipinski definition) is 0. The molecule has 1 aromatic heterocycles. The fraction of sp³-hybridized carbons (Fsp3) is 0.556. The summed E-state index contributed by atoms with van der Waals surface area (Å²) in [6, 6.07) is 4.48. The van der Waals surface area contributed by atoms with Gasteiger partial charge in [-0.1, -0.05) is 13.3 Å². The molecule has 1 aliphatic heterocycles. The van der Waals surface area contributed by atoms with E-state index in [9.17, 15) is 21.6 Å². The highest BCUT2D eigenvalue weighted by Crippen LogP contribution is 2.32. The number of halogens is 3. The average molecular weight is 417 g/mol. The predicted molar refractivity (Wildman–Crippen MR) is 97.0 cm³/mol. The van der Waals surface area contributed by atoms with Crippen molar-refractivity contribution in [2.75, 3.05) is 18.8 Å². The molecule has 1 aromatic carbocycles. The molecule has 0 aliphatic carbocycles. The van der Waals surface area contributed by atoms with Crippen LogP contribution in [0.1, 0.15) is 50.0 Å². The smallest absolute Gasteiger partial charge is 0.416 e. The van der Waals surface area contributed by atoms with Crippen LogP contribution in [0.3, 0.4) is 0 Å². The molecule has 2 heterocycles. The second-order valence-electron chi connectivity index (χ2n) is 6.89. The summed E-state index contributed by atoms with van der Waals surface area (Å²) in [5, 5.41) is 7.93. The molecule has 0 spiro atoms. The normalized spacial score (nSPS) is 19.1. The van der Waals surface area contributed by atoms with Crippen LogP contribution in [0.5, 0.6) is 0 Å². The Bertz CT molecular complexity index is 895. The van der Waals surface area contributed by atoms with Gasteiger partial charge < -0.3 is 4.42 Å². The number of hydrogen-bond acceptors (Lipinski definition) is 5. The van der Waals surface area contributed by atoms with Gasteiger partial charge in [-0.15, -0.1) is 10.2 Å². The first kappa shape index (κ1) is 20.8. The lowest BCUT2D eigenvalue weighted by Gasteiger charge is -2.30. The van der Waals surface area contributed by atoms with Crippen LogP contribution in [0.15, 0.2) is 28.7 Å². The Hall–Kier alpha value is -1.94. The Labute approximate surface area is 161 Å². The van der Waals surface area contributed by atoms with E-state index in [2.05, 4.69) is 10.2 Å². The fourth-order valence-corrected chi connectivity index (χ4v) is 4.90. The molecule has 0 radical (unpaired) electrons. The fourth-order valence-electron chi connectivity index (χ4n) is 3.17.